The number of rotatable bonds is 5. The van der Waals surface area contributed by atoms with Crippen molar-refractivity contribution in [2.75, 3.05) is 0 Å². The Morgan fingerprint density at radius 2 is 1.74 bits per heavy atom. The van der Waals surface area contributed by atoms with Gasteiger partial charge in [-0.3, -0.25) is 4.79 Å². The lowest BCUT2D eigenvalue weighted by atomic mass is 10.1. The molecule has 0 saturated heterocycles. The molecule has 0 spiro atoms. The summed E-state index contributed by atoms with van der Waals surface area (Å²) in [5, 5.41) is 8.00. The first-order valence-electron chi connectivity index (χ1n) is 5.54. The van der Waals surface area contributed by atoms with E-state index in [-0.39, 0.29) is 15.6 Å². The number of halogens is 2. The highest BCUT2D eigenvalue weighted by Crippen LogP contribution is 2.28. The zero-order chi connectivity index (χ0) is 14.8. The molecule has 1 aromatic carbocycles. The SMILES string of the molecule is CC(C)C(C(=O)O)S(=O)(=O)Cc1c(Cl)cccc1Cl. The number of carbonyl (C=O) groups is 1. The molecule has 0 amide bonds. The summed E-state index contributed by atoms with van der Waals surface area (Å²) in [6, 6.07) is 4.63. The molecule has 0 saturated carbocycles. The Balaban J connectivity index is 3.19. The van der Waals surface area contributed by atoms with E-state index in [0.717, 1.165) is 0 Å². The van der Waals surface area contributed by atoms with E-state index in [1.165, 1.54) is 12.1 Å². The second-order valence-corrected chi connectivity index (χ2v) is 7.45. The molecule has 106 valence electrons. The Bertz CT molecular complexity index is 561. The predicted octanol–water partition coefficient (Wildman–Crippen LogP) is 3.02. The molecule has 19 heavy (non-hydrogen) atoms. The summed E-state index contributed by atoms with van der Waals surface area (Å²) >= 11 is 11.8. The van der Waals surface area contributed by atoms with Gasteiger partial charge in [0.1, 0.15) is 0 Å². The van der Waals surface area contributed by atoms with E-state index < -0.39 is 32.7 Å². The van der Waals surface area contributed by atoms with E-state index in [9.17, 15) is 13.2 Å². The zero-order valence-corrected chi connectivity index (χ0v) is 12.8. The van der Waals surface area contributed by atoms with Crippen LogP contribution in [-0.4, -0.2) is 24.7 Å². The van der Waals surface area contributed by atoms with Gasteiger partial charge in [0, 0.05) is 15.6 Å². The number of benzene rings is 1. The summed E-state index contributed by atoms with van der Waals surface area (Å²) in [6.07, 6.45) is 0. The van der Waals surface area contributed by atoms with E-state index in [4.69, 9.17) is 28.3 Å². The molecule has 1 atom stereocenters. The molecule has 4 nitrogen and oxygen atoms in total. The van der Waals surface area contributed by atoms with Gasteiger partial charge in [-0.05, 0) is 18.1 Å². The maximum Gasteiger partial charge on any atom is 0.322 e. The molecule has 1 aromatic rings. The number of hydrogen-bond donors (Lipinski definition) is 1. The van der Waals surface area contributed by atoms with Crippen LogP contribution in [0.15, 0.2) is 18.2 Å². The fourth-order valence-electron chi connectivity index (χ4n) is 1.81. The first kappa shape index (κ1) is 16.3. The Labute approximate surface area is 122 Å². The van der Waals surface area contributed by atoms with Crippen molar-refractivity contribution in [3.05, 3.63) is 33.8 Å². The summed E-state index contributed by atoms with van der Waals surface area (Å²) in [5.41, 5.74) is 0.234. The van der Waals surface area contributed by atoms with Gasteiger partial charge in [0.05, 0.1) is 5.75 Å². The molecule has 1 rings (SSSR count). The van der Waals surface area contributed by atoms with Gasteiger partial charge in [0.25, 0.3) is 0 Å². The molecule has 1 N–H and O–H groups in total. The third-order valence-electron chi connectivity index (χ3n) is 2.64. The van der Waals surface area contributed by atoms with Crippen molar-refractivity contribution in [3.8, 4) is 0 Å². The minimum atomic E-state index is -3.89. The van der Waals surface area contributed by atoms with Gasteiger partial charge in [0.2, 0.25) is 0 Å². The third-order valence-corrected chi connectivity index (χ3v) is 5.56. The second kappa shape index (κ2) is 6.11. The van der Waals surface area contributed by atoms with E-state index in [1.54, 1.807) is 19.9 Å². The lowest BCUT2D eigenvalue weighted by Crippen LogP contribution is -2.35. The molecule has 0 aliphatic heterocycles. The van der Waals surface area contributed by atoms with Gasteiger partial charge < -0.3 is 5.11 Å². The topological polar surface area (TPSA) is 71.4 Å². The molecular formula is C12H14Cl2O4S. The number of hydrogen-bond acceptors (Lipinski definition) is 3. The van der Waals surface area contributed by atoms with Crippen LogP contribution in [-0.2, 0) is 20.4 Å². The van der Waals surface area contributed by atoms with Crippen LogP contribution in [0.3, 0.4) is 0 Å². The summed E-state index contributed by atoms with van der Waals surface area (Å²) in [7, 11) is -3.89. The van der Waals surface area contributed by atoms with Crippen LogP contribution in [0.1, 0.15) is 19.4 Å². The molecule has 0 fully saturated rings. The normalized spacial score (nSPS) is 13.5. The third kappa shape index (κ3) is 3.84. The van der Waals surface area contributed by atoms with Crippen LogP contribution in [0.4, 0.5) is 0 Å². The van der Waals surface area contributed by atoms with Crippen LogP contribution in [0.5, 0.6) is 0 Å². The van der Waals surface area contributed by atoms with E-state index in [0.29, 0.717) is 0 Å². The first-order valence-corrected chi connectivity index (χ1v) is 8.01. The van der Waals surface area contributed by atoms with Gasteiger partial charge in [-0.1, -0.05) is 43.1 Å². The summed E-state index contributed by atoms with van der Waals surface area (Å²) in [6.45, 7) is 3.09. The number of carboxylic acid groups (broad SMARTS) is 1. The monoisotopic (exact) mass is 324 g/mol. The van der Waals surface area contributed by atoms with Gasteiger partial charge in [-0.15, -0.1) is 0 Å². The van der Waals surface area contributed by atoms with E-state index >= 15 is 0 Å². The average molecular weight is 325 g/mol. The molecule has 0 heterocycles. The Hall–Kier alpha value is -0.780. The van der Waals surface area contributed by atoms with E-state index in [2.05, 4.69) is 0 Å². The van der Waals surface area contributed by atoms with Crippen molar-refractivity contribution in [1.29, 1.82) is 0 Å². The fraction of sp³-hybridized carbons (Fsp3) is 0.417. The fourth-order valence-corrected chi connectivity index (χ4v) is 4.53. The lowest BCUT2D eigenvalue weighted by molar-refractivity contribution is -0.137. The zero-order valence-electron chi connectivity index (χ0n) is 10.4. The Morgan fingerprint density at radius 3 is 2.11 bits per heavy atom. The minimum absolute atomic E-state index is 0.212. The smallest absolute Gasteiger partial charge is 0.322 e. The predicted molar refractivity (Wildman–Crippen MR) is 75.3 cm³/mol. The van der Waals surface area contributed by atoms with Crippen LogP contribution in [0, 0.1) is 5.92 Å². The van der Waals surface area contributed by atoms with Crippen molar-refractivity contribution in [1.82, 2.24) is 0 Å². The summed E-state index contributed by atoms with van der Waals surface area (Å²) in [5.74, 6) is -2.39. The van der Waals surface area contributed by atoms with E-state index in [1.807, 2.05) is 0 Å². The first-order chi connectivity index (χ1) is 8.66. The van der Waals surface area contributed by atoms with Gasteiger partial charge in [-0.25, -0.2) is 8.42 Å². The van der Waals surface area contributed by atoms with Crippen molar-refractivity contribution < 1.29 is 18.3 Å². The highest BCUT2D eigenvalue weighted by atomic mass is 35.5. The molecule has 0 radical (unpaired) electrons. The highest BCUT2D eigenvalue weighted by Gasteiger charge is 2.36. The minimum Gasteiger partial charge on any atom is -0.480 e. The van der Waals surface area contributed by atoms with Gasteiger partial charge >= 0.3 is 5.97 Å². The number of carboxylic acids is 1. The molecule has 7 heteroatoms. The highest BCUT2D eigenvalue weighted by molar-refractivity contribution is 7.92. The van der Waals surface area contributed by atoms with Gasteiger partial charge in [0.15, 0.2) is 15.1 Å². The van der Waals surface area contributed by atoms with Gasteiger partial charge in [-0.2, -0.15) is 0 Å². The van der Waals surface area contributed by atoms with Crippen molar-refractivity contribution >= 4 is 39.0 Å². The lowest BCUT2D eigenvalue weighted by Gasteiger charge is -2.17. The average Bonchev–Trinajstić information content (AvgIpc) is 2.21. The molecule has 0 aliphatic carbocycles. The number of aliphatic carboxylic acids is 1. The van der Waals surface area contributed by atoms with Crippen molar-refractivity contribution in [2.45, 2.75) is 24.9 Å². The van der Waals surface area contributed by atoms with Crippen LogP contribution < -0.4 is 0 Å². The van der Waals surface area contributed by atoms with Crippen LogP contribution >= 0.6 is 23.2 Å². The molecule has 0 bridgehead atoms. The maximum atomic E-state index is 12.2. The maximum absolute atomic E-state index is 12.2. The molecule has 0 aromatic heterocycles. The largest absolute Gasteiger partial charge is 0.480 e. The second-order valence-electron chi connectivity index (χ2n) is 4.51. The van der Waals surface area contributed by atoms with Crippen molar-refractivity contribution in [3.63, 3.8) is 0 Å². The number of sulfone groups is 1. The quantitative estimate of drug-likeness (QED) is 0.903. The Kier molecular flexibility index (Phi) is 5.24. The van der Waals surface area contributed by atoms with Crippen LogP contribution in [0.25, 0.3) is 0 Å². The molecule has 0 aliphatic rings. The van der Waals surface area contributed by atoms with Crippen LogP contribution in [0.2, 0.25) is 10.0 Å². The Morgan fingerprint density at radius 1 is 1.26 bits per heavy atom. The van der Waals surface area contributed by atoms with Crippen molar-refractivity contribution in [2.24, 2.45) is 5.92 Å². The summed E-state index contributed by atoms with van der Waals surface area (Å²) < 4.78 is 24.4. The molecular weight excluding hydrogens is 311 g/mol. The molecule has 1 unspecified atom stereocenters. The standard InChI is InChI=1S/C12H14Cl2O4S/c1-7(2)11(12(15)16)19(17,18)6-8-9(13)4-3-5-10(8)14/h3-5,7,11H,6H2,1-2H3,(H,15,16). The summed E-state index contributed by atoms with van der Waals surface area (Å²) in [4.78, 5) is 11.1.